The number of pyridine rings is 1. The first kappa shape index (κ1) is 14.1. The fourth-order valence-corrected chi connectivity index (χ4v) is 2.68. The van der Waals surface area contributed by atoms with Crippen LogP contribution in [0.15, 0.2) is 58.4 Å². The predicted molar refractivity (Wildman–Crippen MR) is 88.4 cm³/mol. The van der Waals surface area contributed by atoms with Gasteiger partial charge in [-0.15, -0.1) is 0 Å². The molecule has 0 unspecified atom stereocenters. The summed E-state index contributed by atoms with van der Waals surface area (Å²) in [6, 6.07) is 10.1. The molecule has 24 heavy (non-hydrogen) atoms. The Morgan fingerprint density at radius 2 is 2.00 bits per heavy atom. The first-order valence-electron chi connectivity index (χ1n) is 7.26. The molecule has 3 heterocycles. The average Bonchev–Trinajstić information content (AvgIpc) is 3.03. The summed E-state index contributed by atoms with van der Waals surface area (Å²) in [5.74, 6) is -0.0254. The molecule has 4 aromatic rings. The monoisotopic (exact) mass is 320 g/mol. The molecule has 0 fully saturated rings. The number of hydrogen-bond acceptors (Lipinski definition) is 4. The number of imidazole rings is 1. The first-order chi connectivity index (χ1) is 11.6. The summed E-state index contributed by atoms with van der Waals surface area (Å²) in [5, 5.41) is 0.281. The van der Waals surface area contributed by atoms with Crippen LogP contribution in [0.5, 0.6) is 0 Å². The Labute approximate surface area is 134 Å². The highest BCUT2D eigenvalue weighted by molar-refractivity contribution is 6.08. The summed E-state index contributed by atoms with van der Waals surface area (Å²) < 4.78 is 2.67. The van der Waals surface area contributed by atoms with Gasteiger partial charge in [-0.1, -0.05) is 6.07 Å². The lowest BCUT2D eigenvalue weighted by atomic mass is 10.1. The van der Waals surface area contributed by atoms with Gasteiger partial charge in [0.25, 0.3) is 5.56 Å². The third-order valence-corrected chi connectivity index (χ3v) is 4.00. The molecule has 0 saturated carbocycles. The highest BCUT2D eigenvalue weighted by atomic mass is 16.2. The third kappa shape index (κ3) is 1.98. The van der Waals surface area contributed by atoms with Crippen LogP contribution < -0.4 is 11.2 Å². The second-order valence-corrected chi connectivity index (χ2v) is 5.46. The minimum Gasteiger partial charge on any atom is -0.307 e. The molecule has 0 aliphatic heterocycles. The van der Waals surface area contributed by atoms with Crippen molar-refractivity contribution in [2.45, 2.75) is 0 Å². The summed E-state index contributed by atoms with van der Waals surface area (Å²) in [6.07, 6.45) is 3.37. The number of carbonyl (C=O) groups excluding carboxylic acids is 1. The van der Waals surface area contributed by atoms with E-state index in [0.29, 0.717) is 11.1 Å². The Kier molecular flexibility index (Phi) is 2.96. The second-order valence-electron chi connectivity index (χ2n) is 5.46. The van der Waals surface area contributed by atoms with Gasteiger partial charge in [0.05, 0.1) is 22.6 Å². The van der Waals surface area contributed by atoms with Crippen LogP contribution in [0.25, 0.3) is 16.4 Å². The van der Waals surface area contributed by atoms with Crippen molar-refractivity contribution in [3.8, 4) is 0 Å². The average molecular weight is 320 g/mol. The van der Waals surface area contributed by atoms with Crippen molar-refractivity contribution < 1.29 is 4.79 Å². The fraction of sp³-hybridized carbons (Fsp3) is 0.0588. The molecule has 0 saturated heterocycles. The Balaban J connectivity index is 1.92. The summed E-state index contributed by atoms with van der Waals surface area (Å²) in [4.78, 5) is 43.4. The lowest BCUT2D eigenvalue weighted by Gasteiger charge is -2.04. The molecule has 4 rings (SSSR count). The number of nitrogens with zero attached hydrogens (tertiary/aromatic N) is 3. The van der Waals surface area contributed by atoms with E-state index in [1.807, 2.05) is 18.2 Å². The first-order valence-corrected chi connectivity index (χ1v) is 7.26. The predicted octanol–water partition coefficient (Wildman–Crippen LogP) is 1.11. The zero-order valence-corrected chi connectivity index (χ0v) is 12.7. The number of nitrogens with one attached hydrogen (secondary N) is 1. The van der Waals surface area contributed by atoms with Gasteiger partial charge >= 0.3 is 5.69 Å². The van der Waals surface area contributed by atoms with Crippen LogP contribution in [-0.2, 0) is 7.05 Å². The minimum atomic E-state index is -0.495. The standard InChI is InChI=1S/C17H12N4O3/c1-20-16(23)12-8-10(5-6-13(12)19-17(20)24)14(22)15-18-9-11-4-2-3-7-21(11)15/h2-9H,1H3,(H,19,24). The Morgan fingerprint density at radius 1 is 1.17 bits per heavy atom. The van der Waals surface area contributed by atoms with E-state index in [-0.39, 0.29) is 17.0 Å². The molecule has 0 aliphatic carbocycles. The van der Waals surface area contributed by atoms with Gasteiger partial charge in [0.2, 0.25) is 5.78 Å². The molecule has 0 aliphatic rings. The van der Waals surface area contributed by atoms with Gasteiger partial charge < -0.3 is 4.98 Å². The van der Waals surface area contributed by atoms with Crippen molar-refractivity contribution in [3.05, 3.63) is 81.0 Å². The molecule has 0 amide bonds. The van der Waals surface area contributed by atoms with Crippen molar-refractivity contribution in [1.82, 2.24) is 18.9 Å². The maximum absolute atomic E-state index is 12.8. The molecular formula is C17H12N4O3. The van der Waals surface area contributed by atoms with Crippen molar-refractivity contribution in [2.24, 2.45) is 7.05 Å². The quantitative estimate of drug-likeness (QED) is 0.560. The Bertz CT molecular complexity index is 1230. The van der Waals surface area contributed by atoms with E-state index in [0.717, 1.165) is 10.1 Å². The number of ketones is 1. The number of H-pyrrole nitrogens is 1. The number of fused-ring (bicyclic) bond motifs is 2. The van der Waals surface area contributed by atoms with Crippen LogP contribution in [0.2, 0.25) is 0 Å². The maximum atomic E-state index is 12.8. The normalized spacial score (nSPS) is 11.2. The molecule has 0 spiro atoms. The number of benzene rings is 1. The van der Waals surface area contributed by atoms with Gasteiger partial charge in [0.15, 0.2) is 5.82 Å². The van der Waals surface area contributed by atoms with Crippen molar-refractivity contribution in [2.75, 3.05) is 0 Å². The molecule has 0 radical (unpaired) electrons. The molecule has 118 valence electrons. The third-order valence-electron chi connectivity index (χ3n) is 4.00. The van der Waals surface area contributed by atoms with E-state index >= 15 is 0 Å². The maximum Gasteiger partial charge on any atom is 0.328 e. The van der Waals surface area contributed by atoms with Gasteiger partial charge in [0.1, 0.15) is 0 Å². The number of aromatic nitrogens is 4. The van der Waals surface area contributed by atoms with Gasteiger partial charge in [-0.3, -0.25) is 18.6 Å². The summed E-state index contributed by atoms with van der Waals surface area (Å²) in [7, 11) is 1.39. The number of carbonyl (C=O) groups is 1. The molecule has 7 nitrogen and oxygen atoms in total. The van der Waals surface area contributed by atoms with Crippen LogP contribution in [0.3, 0.4) is 0 Å². The van der Waals surface area contributed by atoms with E-state index in [1.54, 1.807) is 28.9 Å². The smallest absolute Gasteiger partial charge is 0.307 e. The highest BCUT2D eigenvalue weighted by Crippen LogP contribution is 2.15. The van der Waals surface area contributed by atoms with Crippen LogP contribution in [-0.4, -0.2) is 24.7 Å². The lowest BCUT2D eigenvalue weighted by molar-refractivity contribution is 0.102. The van der Waals surface area contributed by atoms with Gasteiger partial charge in [-0.05, 0) is 30.3 Å². The second kappa shape index (κ2) is 5.02. The summed E-state index contributed by atoms with van der Waals surface area (Å²) >= 11 is 0. The van der Waals surface area contributed by atoms with E-state index in [1.165, 1.54) is 13.1 Å². The van der Waals surface area contributed by atoms with Gasteiger partial charge in [-0.25, -0.2) is 9.78 Å². The SMILES string of the molecule is Cn1c(=O)[nH]c2ccc(C(=O)c3ncc4ccccn34)cc2c1=O. The van der Waals surface area contributed by atoms with Gasteiger partial charge in [0, 0.05) is 18.8 Å². The topological polar surface area (TPSA) is 89.2 Å². The number of rotatable bonds is 2. The van der Waals surface area contributed by atoms with E-state index in [4.69, 9.17) is 0 Å². The molecule has 1 aromatic carbocycles. The zero-order chi connectivity index (χ0) is 16.8. The largest absolute Gasteiger partial charge is 0.328 e. The van der Waals surface area contributed by atoms with E-state index < -0.39 is 11.2 Å². The van der Waals surface area contributed by atoms with Crippen LogP contribution in [0.1, 0.15) is 16.2 Å². The minimum absolute atomic E-state index is 0.270. The highest BCUT2D eigenvalue weighted by Gasteiger charge is 2.16. The summed E-state index contributed by atoms with van der Waals surface area (Å²) in [6.45, 7) is 0. The number of hydrogen-bond donors (Lipinski definition) is 1. The lowest BCUT2D eigenvalue weighted by Crippen LogP contribution is -2.32. The molecule has 1 N–H and O–H groups in total. The fourth-order valence-electron chi connectivity index (χ4n) is 2.68. The van der Waals surface area contributed by atoms with Gasteiger partial charge in [-0.2, -0.15) is 0 Å². The van der Waals surface area contributed by atoms with Crippen LogP contribution in [0.4, 0.5) is 0 Å². The molecule has 0 atom stereocenters. The number of aromatic amines is 1. The summed E-state index contributed by atoms with van der Waals surface area (Å²) in [5.41, 5.74) is 0.597. The van der Waals surface area contributed by atoms with Crippen LogP contribution in [0, 0.1) is 0 Å². The molecular weight excluding hydrogens is 308 g/mol. The van der Waals surface area contributed by atoms with Crippen LogP contribution >= 0.6 is 0 Å². The molecule has 0 bridgehead atoms. The van der Waals surface area contributed by atoms with E-state index in [2.05, 4.69) is 9.97 Å². The van der Waals surface area contributed by atoms with Crippen molar-refractivity contribution >= 4 is 22.2 Å². The van der Waals surface area contributed by atoms with Crippen molar-refractivity contribution in [1.29, 1.82) is 0 Å². The molecule has 3 aromatic heterocycles. The van der Waals surface area contributed by atoms with E-state index in [9.17, 15) is 14.4 Å². The zero-order valence-electron chi connectivity index (χ0n) is 12.7. The Morgan fingerprint density at radius 3 is 2.83 bits per heavy atom. The molecule has 7 heteroatoms. The Hall–Kier alpha value is -3.48. The van der Waals surface area contributed by atoms with Crippen molar-refractivity contribution in [3.63, 3.8) is 0 Å².